The number of hydrogen-bond donors (Lipinski definition) is 2. The highest BCUT2D eigenvalue weighted by Gasteiger charge is 1.97. The van der Waals surface area contributed by atoms with Crippen LogP contribution in [-0.4, -0.2) is 14.8 Å². The van der Waals surface area contributed by atoms with E-state index < -0.39 is 0 Å². The van der Waals surface area contributed by atoms with E-state index in [1.54, 1.807) is 0 Å². The standard InChI is InChI=1S/C4H5NO2S/c6-4-1-2-5(7)8-3-4/h1-3,6-7H. The van der Waals surface area contributed by atoms with Crippen LogP contribution in [-0.2, 0) is 0 Å². The summed E-state index contributed by atoms with van der Waals surface area (Å²) in [7, 11) is 0. The van der Waals surface area contributed by atoms with Crippen LogP contribution in [0.25, 0.3) is 0 Å². The summed E-state index contributed by atoms with van der Waals surface area (Å²) in [5.41, 5.74) is 0. The summed E-state index contributed by atoms with van der Waals surface area (Å²) in [6.07, 6.45) is 2.76. The van der Waals surface area contributed by atoms with Crippen LogP contribution in [0, 0.1) is 0 Å². The van der Waals surface area contributed by atoms with Crippen LogP contribution in [0.3, 0.4) is 0 Å². The largest absolute Gasteiger partial charge is 0.507 e. The molecule has 0 aromatic rings. The van der Waals surface area contributed by atoms with Crippen LogP contribution < -0.4 is 0 Å². The van der Waals surface area contributed by atoms with Crippen molar-refractivity contribution in [1.29, 1.82) is 0 Å². The second-order valence-corrected chi connectivity index (χ2v) is 2.09. The van der Waals surface area contributed by atoms with Gasteiger partial charge in [-0.05, 0) is 6.08 Å². The molecule has 1 heterocycles. The van der Waals surface area contributed by atoms with Crippen LogP contribution in [0.5, 0.6) is 0 Å². The van der Waals surface area contributed by atoms with Crippen LogP contribution >= 0.6 is 11.9 Å². The lowest BCUT2D eigenvalue weighted by molar-refractivity contribution is 0.0690. The Hall–Kier alpha value is -0.610. The topological polar surface area (TPSA) is 43.7 Å². The first-order chi connectivity index (χ1) is 3.79. The molecule has 4 heteroatoms. The highest BCUT2D eigenvalue weighted by atomic mass is 32.2. The molecule has 1 aliphatic heterocycles. The van der Waals surface area contributed by atoms with Gasteiger partial charge in [-0.25, -0.2) is 4.47 Å². The van der Waals surface area contributed by atoms with Crippen molar-refractivity contribution in [3.05, 3.63) is 23.4 Å². The Balaban J connectivity index is 2.58. The number of hydrogen-bond acceptors (Lipinski definition) is 4. The number of aliphatic hydroxyl groups is 1. The molecule has 0 aliphatic carbocycles. The molecule has 0 aromatic heterocycles. The normalized spacial score (nSPS) is 18.6. The number of rotatable bonds is 0. The highest BCUT2D eigenvalue weighted by molar-refractivity contribution is 7.99. The molecule has 2 N–H and O–H groups in total. The van der Waals surface area contributed by atoms with E-state index in [0.29, 0.717) is 0 Å². The van der Waals surface area contributed by atoms with Crippen LogP contribution in [0.2, 0.25) is 0 Å². The fourth-order valence-electron chi connectivity index (χ4n) is 0.323. The Morgan fingerprint density at radius 1 is 1.62 bits per heavy atom. The summed E-state index contributed by atoms with van der Waals surface area (Å²) in [4.78, 5) is 0. The minimum atomic E-state index is 0.167. The minimum absolute atomic E-state index is 0.167. The second kappa shape index (κ2) is 2.11. The average Bonchev–Trinajstić information content (AvgIpc) is 1.77. The molecule has 0 saturated heterocycles. The maximum Gasteiger partial charge on any atom is 0.125 e. The lowest BCUT2D eigenvalue weighted by atomic mass is 10.5. The third kappa shape index (κ3) is 1.18. The van der Waals surface area contributed by atoms with E-state index in [1.807, 2.05) is 0 Å². The zero-order valence-corrected chi connectivity index (χ0v) is 4.80. The lowest BCUT2D eigenvalue weighted by Gasteiger charge is -2.09. The monoisotopic (exact) mass is 131 g/mol. The highest BCUT2D eigenvalue weighted by Crippen LogP contribution is 2.15. The number of allylic oxidation sites excluding steroid dienone is 1. The van der Waals surface area contributed by atoms with Crippen molar-refractivity contribution < 1.29 is 10.3 Å². The number of nitrogens with zero attached hydrogens (tertiary/aromatic N) is 1. The van der Waals surface area contributed by atoms with Gasteiger partial charge in [0.15, 0.2) is 0 Å². The molecule has 0 radical (unpaired) electrons. The molecule has 1 aliphatic rings. The molecule has 0 unspecified atom stereocenters. The molecular weight excluding hydrogens is 126 g/mol. The molecule has 0 fully saturated rings. The van der Waals surface area contributed by atoms with Gasteiger partial charge in [0.25, 0.3) is 0 Å². The average molecular weight is 131 g/mol. The Morgan fingerprint density at radius 3 is 2.75 bits per heavy atom. The van der Waals surface area contributed by atoms with E-state index >= 15 is 0 Å². The summed E-state index contributed by atoms with van der Waals surface area (Å²) >= 11 is 1.02. The van der Waals surface area contributed by atoms with E-state index in [0.717, 1.165) is 16.4 Å². The Kier molecular flexibility index (Phi) is 1.45. The van der Waals surface area contributed by atoms with Gasteiger partial charge in [-0.3, -0.25) is 5.21 Å². The Labute approximate surface area is 51.0 Å². The molecule has 0 atom stereocenters. The van der Waals surface area contributed by atoms with E-state index in [-0.39, 0.29) is 5.76 Å². The number of aliphatic hydroxyl groups excluding tert-OH is 1. The van der Waals surface area contributed by atoms with Gasteiger partial charge in [0.2, 0.25) is 0 Å². The van der Waals surface area contributed by atoms with Crippen molar-refractivity contribution >= 4 is 11.9 Å². The molecule has 0 aromatic carbocycles. The van der Waals surface area contributed by atoms with Gasteiger partial charge in [0.05, 0.1) is 0 Å². The number of hydroxylamine groups is 1. The van der Waals surface area contributed by atoms with Crippen LogP contribution in [0.15, 0.2) is 23.4 Å². The van der Waals surface area contributed by atoms with Gasteiger partial charge in [-0.1, -0.05) is 0 Å². The Morgan fingerprint density at radius 2 is 2.38 bits per heavy atom. The van der Waals surface area contributed by atoms with Crippen molar-refractivity contribution in [2.75, 3.05) is 0 Å². The predicted molar refractivity (Wildman–Crippen MR) is 31.1 cm³/mol. The summed E-state index contributed by atoms with van der Waals surface area (Å²) in [5.74, 6) is 0.167. The van der Waals surface area contributed by atoms with Gasteiger partial charge >= 0.3 is 0 Å². The molecule has 44 valence electrons. The smallest absolute Gasteiger partial charge is 0.125 e. The molecule has 0 bridgehead atoms. The predicted octanol–water partition coefficient (Wildman–Crippen LogP) is 1.25. The first-order valence-corrected chi connectivity index (χ1v) is 2.85. The summed E-state index contributed by atoms with van der Waals surface area (Å²) in [5, 5.41) is 18.7. The van der Waals surface area contributed by atoms with E-state index in [2.05, 4.69) is 0 Å². The first-order valence-electron chi connectivity index (χ1n) is 2.01. The van der Waals surface area contributed by atoms with Crippen molar-refractivity contribution in [2.24, 2.45) is 0 Å². The van der Waals surface area contributed by atoms with Gasteiger partial charge in [0.1, 0.15) is 5.76 Å². The quantitative estimate of drug-likeness (QED) is 0.485. The summed E-state index contributed by atoms with van der Waals surface area (Å²) < 4.78 is 0.903. The van der Waals surface area contributed by atoms with E-state index in [9.17, 15) is 0 Å². The van der Waals surface area contributed by atoms with Gasteiger partial charge in [-0.15, -0.1) is 0 Å². The first kappa shape index (κ1) is 5.53. The van der Waals surface area contributed by atoms with E-state index in [4.69, 9.17) is 10.3 Å². The van der Waals surface area contributed by atoms with Crippen LogP contribution in [0.4, 0.5) is 0 Å². The fraction of sp³-hybridized carbons (Fsp3) is 0. The molecule has 8 heavy (non-hydrogen) atoms. The fourth-order valence-corrected chi connectivity index (χ4v) is 0.748. The van der Waals surface area contributed by atoms with Crippen molar-refractivity contribution in [3.63, 3.8) is 0 Å². The molecule has 0 amide bonds. The van der Waals surface area contributed by atoms with Gasteiger partial charge in [-0.2, -0.15) is 0 Å². The zero-order chi connectivity index (χ0) is 5.98. The molecule has 0 spiro atoms. The zero-order valence-electron chi connectivity index (χ0n) is 3.98. The Bertz CT molecular complexity index is 143. The van der Waals surface area contributed by atoms with Gasteiger partial charge in [0, 0.05) is 23.6 Å². The van der Waals surface area contributed by atoms with Gasteiger partial charge < -0.3 is 5.11 Å². The maximum absolute atomic E-state index is 8.64. The van der Waals surface area contributed by atoms with Crippen LogP contribution in [0.1, 0.15) is 0 Å². The summed E-state index contributed by atoms with van der Waals surface area (Å²) in [6, 6.07) is 0. The van der Waals surface area contributed by atoms with Crippen molar-refractivity contribution in [3.8, 4) is 0 Å². The minimum Gasteiger partial charge on any atom is -0.507 e. The third-order valence-corrected chi connectivity index (χ3v) is 1.34. The molecule has 0 saturated carbocycles. The summed E-state index contributed by atoms with van der Waals surface area (Å²) in [6.45, 7) is 0. The van der Waals surface area contributed by atoms with E-state index in [1.165, 1.54) is 17.7 Å². The maximum atomic E-state index is 8.64. The van der Waals surface area contributed by atoms with Crippen molar-refractivity contribution in [1.82, 2.24) is 4.47 Å². The molecule has 1 rings (SSSR count). The SMILES string of the molecule is OC1=CSN(O)C=C1. The van der Waals surface area contributed by atoms with Crippen molar-refractivity contribution in [2.45, 2.75) is 0 Å². The lowest BCUT2D eigenvalue weighted by Crippen LogP contribution is -2.00. The third-order valence-electron chi connectivity index (χ3n) is 0.654. The second-order valence-electron chi connectivity index (χ2n) is 1.27. The molecular formula is C4H5NO2S. The molecule has 3 nitrogen and oxygen atoms in total.